The van der Waals surface area contributed by atoms with Crippen molar-refractivity contribution in [1.82, 2.24) is 9.97 Å². The summed E-state index contributed by atoms with van der Waals surface area (Å²) in [6.07, 6.45) is 1.06. The standard InChI is InChI=1S/C11H4ClIN4O4/c12-8-10(18)15-4-16-11(8)21-9-6(13)1-5(3-14)2-7(9)17(19)20/h1-2,4H,(H,15,16,18). The highest BCUT2D eigenvalue weighted by atomic mass is 127. The maximum absolute atomic E-state index is 11.3. The number of aromatic nitrogens is 2. The summed E-state index contributed by atoms with van der Waals surface area (Å²) in [4.78, 5) is 27.7. The van der Waals surface area contributed by atoms with E-state index in [0.717, 1.165) is 12.4 Å². The van der Waals surface area contributed by atoms with Gasteiger partial charge in [-0.1, -0.05) is 11.6 Å². The van der Waals surface area contributed by atoms with Gasteiger partial charge in [0.2, 0.25) is 11.6 Å². The number of nitrogens with one attached hydrogen (secondary N) is 1. The lowest BCUT2D eigenvalue weighted by Crippen LogP contribution is -2.08. The summed E-state index contributed by atoms with van der Waals surface area (Å²) in [6.45, 7) is 0. The molecule has 106 valence electrons. The van der Waals surface area contributed by atoms with E-state index < -0.39 is 16.2 Å². The molecule has 1 N–H and O–H groups in total. The molecule has 10 heteroatoms. The smallest absolute Gasteiger partial charge is 0.314 e. The molecule has 2 rings (SSSR count). The van der Waals surface area contributed by atoms with E-state index in [4.69, 9.17) is 21.6 Å². The van der Waals surface area contributed by atoms with Crippen LogP contribution in [0.5, 0.6) is 11.6 Å². The van der Waals surface area contributed by atoms with Crippen molar-refractivity contribution in [3.05, 3.63) is 53.1 Å². The van der Waals surface area contributed by atoms with Crippen molar-refractivity contribution in [3.8, 4) is 17.7 Å². The SMILES string of the molecule is N#Cc1cc(I)c(Oc2nc[nH]c(=O)c2Cl)c([N+](=O)[O-])c1. The van der Waals surface area contributed by atoms with Crippen molar-refractivity contribution in [2.24, 2.45) is 0 Å². The molecule has 0 unspecified atom stereocenters. The average molecular weight is 419 g/mol. The lowest BCUT2D eigenvalue weighted by molar-refractivity contribution is -0.385. The molecule has 0 amide bonds. The Morgan fingerprint density at radius 3 is 2.86 bits per heavy atom. The Bertz CT molecular complexity index is 830. The van der Waals surface area contributed by atoms with Crippen molar-refractivity contribution >= 4 is 39.9 Å². The Kier molecular flexibility index (Phi) is 4.39. The second kappa shape index (κ2) is 6.06. The summed E-state index contributed by atoms with van der Waals surface area (Å²) < 4.78 is 5.61. The van der Waals surface area contributed by atoms with E-state index in [1.807, 2.05) is 6.07 Å². The number of nitrogens with zero attached hydrogens (tertiary/aromatic N) is 3. The minimum Gasteiger partial charge on any atom is -0.429 e. The zero-order chi connectivity index (χ0) is 15.6. The summed E-state index contributed by atoms with van der Waals surface area (Å²) in [5.74, 6) is -0.397. The van der Waals surface area contributed by atoms with Crippen LogP contribution in [0.2, 0.25) is 5.02 Å². The van der Waals surface area contributed by atoms with Crippen LogP contribution in [-0.2, 0) is 0 Å². The zero-order valence-corrected chi connectivity index (χ0v) is 12.9. The first-order chi connectivity index (χ1) is 9.93. The van der Waals surface area contributed by atoms with Crippen molar-refractivity contribution < 1.29 is 9.66 Å². The molecular weight excluding hydrogens is 415 g/mol. The second-order valence-electron chi connectivity index (χ2n) is 3.63. The van der Waals surface area contributed by atoms with Gasteiger partial charge in [-0.05, 0) is 28.7 Å². The molecular formula is C11H4ClIN4O4. The summed E-state index contributed by atoms with van der Waals surface area (Å²) in [5.41, 5.74) is -0.937. The van der Waals surface area contributed by atoms with E-state index in [2.05, 4.69) is 9.97 Å². The van der Waals surface area contributed by atoms with Gasteiger partial charge in [-0.2, -0.15) is 5.26 Å². The Labute approximate surface area is 135 Å². The normalized spacial score (nSPS) is 9.95. The van der Waals surface area contributed by atoms with Gasteiger partial charge in [0.05, 0.1) is 26.5 Å². The first kappa shape index (κ1) is 15.2. The van der Waals surface area contributed by atoms with Crippen LogP contribution in [0.25, 0.3) is 0 Å². The van der Waals surface area contributed by atoms with Gasteiger partial charge in [0.15, 0.2) is 5.02 Å². The number of hydrogen-bond donors (Lipinski definition) is 1. The van der Waals surface area contributed by atoms with Gasteiger partial charge >= 0.3 is 5.69 Å². The minimum atomic E-state index is -0.695. The molecule has 0 fully saturated rings. The lowest BCUT2D eigenvalue weighted by Gasteiger charge is -2.08. The molecule has 1 heterocycles. The molecule has 0 spiro atoms. The van der Waals surface area contributed by atoms with Crippen LogP contribution in [0.3, 0.4) is 0 Å². The largest absolute Gasteiger partial charge is 0.429 e. The average Bonchev–Trinajstić information content (AvgIpc) is 2.45. The van der Waals surface area contributed by atoms with Crippen LogP contribution >= 0.6 is 34.2 Å². The first-order valence-corrected chi connectivity index (χ1v) is 6.68. The Hall–Kier alpha value is -2.19. The van der Waals surface area contributed by atoms with Gasteiger partial charge in [-0.15, -0.1) is 0 Å². The number of hydrogen-bond acceptors (Lipinski definition) is 6. The van der Waals surface area contributed by atoms with Crippen LogP contribution in [0.15, 0.2) is 23.3 Å². The highest BCUT2D eigenvalue weighted by molar-refractivity contribution is 14.1. The van der Waals surface area contributed by atoms with E-state index >= 15 is 0 Å². The minimum absolute atomic E-state index is 0.114. The fourth-order valence-corrected chi connectivity index (χ4v) is 2.28. The summed E-state index contributed by atoms with van der Waals surface area (Å²) in [6, 6.07) is 4.29. The first-order valence-electron chi connectivity index (χ1n) is 5.23. The molecule has 0 aliphatic carbocycles. The number of nitriles is 1. The fourth-order valence-electron chi connectivity index (χ4n) is 1.41. The molecule has 8 nitrogen and oxygen atoms in total. The molecule has 1 aromatic heterocycles. The monoisotopic (exact) mass is 418 g/mol. The number of benzene rings is 1. The van der Waals surface area contributed by atoms with E-state index in [9.17, 15) is 14.9 Å². The maximum Gasteiger partial charge on any atom is 0.314 e. The zero-order valence-electron chi connectivity index (χ0n) is 9.96. The molecule has 0 saturated heterocycles. The van der Waals surface area contributed by atoms with Crippen molar-refractivity contribution in [2.45, 2.75) is 0 Å². The second-order valence-corrected chi connectivity index (χ2v) is 5.17. The highest BCUT2D eigenvalue weighted by Crippen LogP contribution is 2.37. The van der Waals surface area contributed by atoms with Gasteiger partial charge in [0.1, 0.15) is 0 Å². The number of ether oxygens (including phenoxy) is 1. The highest BCUT2D eigenvalue weighted by Gasteiger charge is 2.23. The van der Waals surface area contributed by atoms with Gasteiger partial charge < -0.3 is 9.72 Å². The Morgan fingerprint density at radius 2 is 2.24 bits per heavy atom. The van der Waals surface area contributed by atoms with Crippen LogP contribution in [0, 0.1) is 25.0 Å². The van der Waals surface area contributed by atoms with Crippen LogP contribution < -0.4 is 10.3 Å². The van der Waals surface area contributed by atoms with Crippen molar-refractivity contribution in [2.75, 3.05) is 0 Å². The number of aromatic amines is 1. The number of H-pyrrole nitrogens is 1. The Morgan fingerprint density at radius 1 is 1.52 bits per heavy atom. The molecule has 21 heavy (non-hydrogen) atoms. The van der Waals surface area contributed by atoms with Crippen molar-refractivity contribution in [3.63, 3.8) is 0 Å². The quantitative estimate of drug-likeness (QED) is 0.464. The third-order valence-corrected chi connectivity index (χ3v) is 3.45. The fraction of sp³-hybridized carbons (Fsp3) is 0. The summed E-state index contributed by atoms with van der Waals surface area (Å²) in [7, 11) is 0. The van der Waals surface area contributed by atoms with Crippen LogP contribution in [-0.4, -0.2) is 14.9 Å². The maximum atomic E-state index is 11.3. The lowest BCUT2D eigenvalue weighted by atomic mass is 10.2. The van der Waals surface area contributed by atoms with Gasteiger partial charge in [-0.25, -0.2) is 4.98 Å². The van der Waals surface area contributed by atoms with Crippen LogP contribution in [0.1, 0.15) is 5.56 Å². The number of nitro benzene ring substituents is 1. The van der Waals surface area contributed by atoms with Gasteiger partial charge in [-0.3, -0.25) is 14.9 Å². The molecule has 0 saturated carbocycles. The number of nitro groups is 1. The predicted octanol–water partition coefficient (Wildman–Crippen LogP) is 2.60. The van der Waals surface area contributed by atoms with Crippen LogP contribution in [0.4, 0.5) is 5.69 Å². The third kappa shape index (κ3) is 3.11. The Balaban J connectivity index is 2.59. The topological polar surface area (TPSA) is 122 Å². The van der Waals surface area contributed by atoms with Gasteiger partial charge in [0, 0.05) is 6.07 Å². The molecule has 0 radical (unpaired) electrons. The van der Waals surface area contributed by atoms with E-state index in [-0.39, 0.29) is 22.2 Å². The predicted molar refractivity (Wildman–Crippen MR) is 80.5 cm³/mol. The molecule has 1 aromatic carbocycles. The molecule has 0 aliphatic heterocycles. The van der Waals surface area contributed by atoms with E-state index in [1.165, 1.54) is 6.07 Å². The molecule has 0 atom stereocenters. The molecule has 0 aliphatic rings. The van der Waals surface area contributed by atoms with E-state index in [0.29, 0.717) is 3.57 Å². The van der Waals surface area contributed by atoms with Crippen molar-refractivity contribution in [1.29, 1.82) is 5.26 Å². The molecule has 0 bridgehead atoms. The summed E-state index contributed by atoms with van der Waals surface area (Å²) in [5, 5.41) is 19.6. The molecule has 2 aromatic rings. The summed E-state index contributed by atoms with van der Waals surface area (Å²) >= 11 is 7.51. The van der Waals surface area contributed by atoms with E-state index in [1.54, 1.807) is 22.6 Å². The number of rotatable bonds is 3. The van der Waals surface area contributed by atoms with Gasteiger partial charge in [0.25, 0.3) is 5.56 Å². The number of halogens is 2. The third-order valence-electron chi connectivity index (χ3n) is 2.31.